The van der Waals surface area contributed by atoms with Crippen LogP contribution < -0.4 is 10.1 Å². The van der Waals surface area contributed by atoms with Crippen molar-refractivity contribution in [1.82, 2.24) is 5.32 Å². The highest BCUT2D eigenvalue weighted by molar-refractivity contribution is 5.55. The zero-order valence-corrected chi connectivity index (χ0v) is 14.6. The van der Waals surface area contributed by atoms with Crippen LogP contribution in [-0.4, -0.2) is 28.3 Å². The topological polar surface area (TPSA) is 84.6 Å². The van der Waals surface area contributed by atoms with Crippen molar-refractivity contribution in [2.45, 2.75) is 38.0 Å². The molecule has 0 spiro atoms. The summed E-state index contributed by atoms with van der Waals surface area (Å²) in [6.07, 6.45) is -0.390. The molecule has 0 bridgehead atoms. The lowest BCUT2D eigenvalue weighted by molar-refractivity contribution is -0.386. The maximum atomic E-state index is 14.5. The Bertz CT molecular complexity index is 811. The molecule has 2 atom stereocenters. The number of hydrogen-bond donors (Lipinski definition) is 2. The number of rotatable bonds is 5. The molecule has 6 nitrogen and oxygen atoms in total. The van der Waals surface area contributed by atoms with Crippen molar-refractivity contribution in [2.75, 3.05) is 6.54 Å². The number of hydrogen-bond acceptors (Lipinski definition) is 5. The molecular weight excluding hydrogens is 339 g/mol. The number of benzene rings is 2. The van der Waals surface area contributed by atoms with Crippen LogP contribution in [-0.2, 0) is 6.42 Å². The SMILES string of the molecule is CC1(C)Oc2c([N+](=O)[O-])ccc(F)c2C(NCCc2ccccc2)C1O. The molecule has 3 rings (SSSR count). The van der Waals surface area contributed by atoms with Crippen LogP contribution in [0.3, 0.4) is 0 Å². The lowest BCUT2D eigenvalue weighted by Gasteiger charge is -2.42. The molecule has 0 saturated carbocycles. The molecule has 1 aliphatic rings. The van der Waals surface area contributed by atoms with Crippen LogP contribution in [0.2, 0.25) is 0 Å². The fourth-order valence-corrected chi connectivity index (χ4v) is 3.22. The summed E-state index contributed by atoms with van der Waals surface area (Å²) < 4.78 is 20.1. The Morgan fingerprint density at radius 2 is 1.96 bits per heavy atom. The summed E-state index contributed by atoms with van der Waals surface area (Å²) in [7, 11) is 0. The second kappa shape index (κ2) is 7.01. The number of ether oxygens (including phenoxy) is 1. The van der Waals surface area contributed by atoms with Gasteiger partial charge in [-0.2, -0.15) is 0 Å². The third kappa shape index (κ3) is 3.40. The van der Waals surface area contributed by atoms with Crippen molar-refractivity contribution >= 4 is 5.69 Å². The summed E-state index contributed by atoms with van der Waals surface area (Å²) in [5.74, 6) is -0.764. The first kappa shape index (κ1) is 18.3. The normalized spacial score (nSPS) is 20.9. The molecule has 1 aliphatic heterocycles. The molecule has 2 aromatic rings. The third-order valence-corrected chi connectivity index (χ3v) is 4.64. The molecule has 2 aromatic carbocycles. The highest BCUT2D eigenvalue weighted by Gasteiger charge is 2.46. The number of aliphatic hydroxyl groups excluding tert-OH is 1. The molecular formula is C19H21FN2O4. The smallest absolute Gasteiger partial charge is 0.311 e. The van der Waals surface area contributed by atoms with Crippen molar-refractivity contribution in [1.29, 1.82) is 0 Å². The van der Waals surface area contributed by atoms with E-state index < -0.39 is 28.5 Å². The number of nitro groups is 1. The van der Waals surface area contributed by atoms with Crippen LogP contribution in [0.1, 0.15) is 31.0 Å². The van der Waals surface area contributed by atoms with Crippen molar-refractivity contribution in [3.63, 3.8) is 0 Å². The quantitative estimate of drug-likeness (QED) is 0.632. The lowest BCUT2D eigenvalue weighted by Crippen LogP contribution is -2.53. The molecule has 2 unspecified atom stereocenters. The van der Waals surface area contributed by atoms with Gasteiger partial charge in [0.05, 0.1) is 16.5 Å². The molecule has 2 N–H and O–H groups in total. The van der Waals surface area contributed by atoms with Gasteiger partial charge in [-0.3, -0.25) is 10.1 Å². The van der Waals surface area contributed by atoms with E-state index in [0.717, 1.165) is 17.7 Å². The number of fused-ring (bicyclic) bond motifs is 1. The second-order valence-electron chi connectivity index (χ2n) is 6.88. The van der Waals surface area contributed by atoms with Gasteiger partial charge in [-0.05, 0) is 38.4 Å². The van der Waals surface area contributed by atoms with Gasteiger partial charge in [0.2, 0.25) is 5.75 Å². The lowest BCUT2D eigenvalue weighted by atomic mass is 9.85. The zero-order valence-electron chi connectivity index (χ0n) is 14.6. The summed E-state index contributed by atoms with van der Waals surface area (Å²) in [5.41, 5.74) is -0.313. The van der Waals surface area contributed by atoms with Crippen LogP contribution in [0.15, 0.2) is 42.5 Å². The predicted octanol–water partition coefficient (Wildman–Crippen LogP) is 3.14. The van der Waals surface area contributed by atoms with E-state index in [1.807, 2.05) is 30.3 Å². The van der Waals surface area contributed by atoms with Gasteiger partial charge in [-0.15, -0.1) is 0 Å². The molecule has 0 aromatic heterocycles. The fraction of sp³-hybridized carbons (Fsp3) is 0.368. The molecule has 0 fully saturated rings. The molecule has 1 heterocycles. The highest BCUT2D eigenvalue weighted by Crippen LogP contribution is 2.45. The predicted molar refractivity (Wildman–Crippen MR) is 94.7 cm³/mol. The molecule has 0 saturated heterocycles. The molecule has 138 valence electrons. The minimum absolute atomic E-state index is 0.000846. The van der Waals surface area contributed by atoms with Gasteiger partial charge in [0.25, 0.3) is 0 Å². The van der Waals surface area contributed by atoms with E-state index in [9.17, 15) is 19.6 Å². The summed E-state index contributed by atoms with van der Waals surface area (Å²) >= 11 is 0. The van der Waals surface area contributed by atoms with E-state index >= 15 is 0 Å². The Hall–Kier alpha value is -2.51. The van der Waals surface area contributed by atoms with Crippen molar-refractivity contribution in [3.8, 4) is 5.75 Å². The van der Waals surface area contributed by atoms with Gasteiger partial charge >= 0.3 is 5.69 Å². The van der Waals surface area contributed by atoms with Crippen molar-refractivity contribution in [2.24, 2.45) is 0 Å². The van der Waals surface area contributed by atoms with Crippen molar-refractivity contribution in [3.05, 3.63) is 69.5 Å². The number of nitro benzene ring substituents is 1. The van der Waals surface area contributed by atoms with Crippen LogP contribution in [0.4, 0.5) is 10.1 Å². The number of halogens is 1. The largest absolute Gasteiger partial charge is 0.478 e. The average molecular weight is 360 g/mol. The first-order chi connectivity index (χ1) is 12.3. The number of nitrogens with zero attached hydrogens (tertiary/aromatic N) is 1. The van der Waals surface area contributed by atoms with E-state index in [1.54, 1.807) is 13.8 Å². The van der Waals surface area contributed by atoms with Gasteiger partial charge < -0.3 is 15.2 Å². The molecule has 7 heteroatoms. The van der Waals surface area contributed by atoms with Gasteiger partial charge in [0.15, 0.2) is 0 Å². The van der Waals surface area contributed by atoms with E-state index in [0.29, 0.717) is 13.0 Å². The Morgan fingerprint density at radius 1 is 1.27 bits per heavy atom. The van der Waals surface area contributed by atoms with Crippen LogP contribution in [0, 0.1) is 15.9 Å². The fourth-order valence-electron chi connectivity index (χ4n) is 3.22. The molecule has 0 amide bonds. The molecule has 0 aliphatic carbocycles. The third-order valence-electron chi connectivity index (χ3n) is 4.64. The van der Waals surface area contributed by atoms with Gasteiger partial charge in [-0.1, -0.05) is 30.3 Å². The summed E-state index contributed by atoms with van der Waals surface area (Å²) in [6, 6.07) is 11.1. The number of nitrogens with one attached hydrogen (secondary N) is 1. The van der Waals surface area contributed by atoms with E-state index in [4.69, 9.17) is 4.74 Å². The van der Waals surface area contributed by atoms with Crippen molar-refractivity contribution < 1.29 is 19.2 Å². The minimum Gasteiger partial charge on any atom is -0.478 e. The van der Waals surface area contributed by atoms with Crippen LogP contribution >= 0.6 is 0 Å². The Labute approximate surface area is 150 Å². The van der Waals surface area contributed by atoms with Crippen LogP contribution in [0.25, 0.3) is 0 Å². The van der Waals surface area contributed by atoms with Gasteiger partial charge in [0, 0.05) is 6.07 Å². The van der Waals surface area contributed by atoms with E-state index in [-0.39, 0.29) is 17.0 Å². The zero-order chi connectivity index (χ0) is 18.9. The molecule has 0 radical (unpaired) electrons. The monoisotopic (exact) mass is 360 g/mol. The van der Waals surface area contributed by atoms with Crippen LogP contribution in [0.5, 0.6) is 5.75 Å². The Morgan fingerprint density at radius 3 is 2.62 bits per heavy atom. The summed E-state index contributed by atoms with van der Waals surface area (Å²) in [4.78, 5) is 10.7. The minimum atomic E-state index is -1.10. The number of aliphatic hydroxyl groups is 1. The maximum absolute atomic E-state index is 14.5. The van der Waals surface area contributed by atoms with Gasteiger partial charge in [0.1, 0.15) is 17.5 Å². The summed E-state index contributed by atoms with van der Waals surface area (Å²) in [5, 5.41) is 25.1. The van der Waals surface area contributed by atoms with Gasteiger partial charge in [-0.25, -0.2) is 4.39 Å². The van der Waals surface area contributed by atoms with E-state index in [2.05, 4.69) is 5.32 Å². The standard InChI is InChI=1S/C19H21FN2O4/c1-19(2)18(23)16(21-11-10-12-6-4-3-5-7-12)15-13(20)8-9-14(22(24)25)17(15)26-19/h3-9,16,18,21,23H,10-11H2,1-2H3. The first-order valence-electron chi connectivity index (χ1n) is 8.42. The second-order valence-corrected chi connectivity index (χ2v) is 6.88. The Balaban J connectivity index is 1.92. The summed E-state index contributed by atoms with van der Waals surface area (Å²) in [6.45, 7) is 3.73. The first-order valence-corrected chi connectivity index (χ1v) is 8.42. The maximum Gasteiger partial charge on any atom is 0.311 e. The highest BCUT2D eigenvalue weighted by atomic mass is 19.1. The Kier molecular flexibility index (Phi) is 4.93. The molecule has 26 heavy (non-hydrogen) atoms. The van der Waals surface area contributed by atoms with E-state index in [1.165, 1.54) is 0 Å². The average Bonchev–Trinajstić information content (AvgIpc) is 2.59.